The Balaban J connectivity index is 1.89. The van der Waals surface area contributed by atoms with E-state index in [2.05, 4.69) is 46.4 Å². The van der Waals surface area contributed by atoms with Crippen LogP contribution in [0.2, 0.25) is 0 Å². The third kappa shape index (κ3) is 4.51. The molecule has 0 spiro atoms. The highest BCUT2D eigenvalue weighted by Gasteiger charge is 2.16. The molecular formula is C22H25N5O2. The number of nitrogens with zero attached hydrogens (tertiary/aromatic N) is 2. The SMILES string of the molecule is CNc1ncc(C)c(-c2c[nH]c(=O)c(NC(=O)c3ccc(C(C)(C)C)cc3)c2)n1. The number of hydrogen-bond donors (Lipinski definition) is 3. The molecule has 0 radical (unpaired) electrons. The molecular weight excluding hydrogens is 366 g/mol. The van der Waals surface area contributed by atoms with Gasteiger partial charge in [0.2, 0.25) is 5.95 Å². The summed E-state index contributed by atoms with van der Waals surface area (Å²) in [7, 11) is 1.73. The van der Waals surface area contributed by atoms with Crippen molar-refractivity contribution in [3.8, 4) is 11.3 Å². The van der Waals surface area contributed by atoms with Crippen LogP contribution < -0.4 is 16.2 Å². The van der Waals surface area contributed by atoms with Crippen molar-refractivity contribution in [2.45, 2.75) is 33.1 Å². The highest BCUT2D eigenvalue weighted by atomic mass is 16.2. The maximum absolute atomic E-state index is 12.6. The summed E-state index contributed by atoms with van der Waals surface area (Å²) < 4.78 is 0. The Morgan fingerprint density at radius 1 is 1.14 bits per heavy atom. The number of hydrogen-bond acceptors (Lipinski definition) is 5. The highest BCUT2D eigenvalue weighted by Crippen LogP contribution is 2.24. The van der Waals surface area contributed by atoms with Crippen LogP contribution in [0.3, 0.4) is 0 Å². The van der Waals surface area contributed by atoms with Gasteiger partial charge < -0.3 is 15.6 Å². The van der Waals surface area contributed by atoms with Gasteiger partial charge in [-0.1, -0.05) is 32.9 Å². The lowest BCUT2D eigenvalue weighted by atomic mass is 9.87. The molecule has 3 rings (SSSR count). The van der Waals surface area contributed by atoms with Gasteiger partial charge in [0.05, 0.1) is 5.69 Å². The minimum absolute atomic E-state index is 0.00207. The first-order valence-corrected chi connectivity index (χ1v) is 9.35. The maximum atomic E-state index is 12.6. The van der Waals surface area contributed by atoms with Crippen molar-refractivity contribution in [2.24, 2.45) is 0 Å². The zero-order valence-electron chi connectivity index (χ0n) is 17.3. The van der Waals surface area contributed by atoms with Crippen LogP contribution in [0.5, 0.6) is 0 Å². The number of H-pyrrole nitrogens is 1. The van der Waals surface area contributed by atoms with Gasteiger partial charge in [0.25, 0.3) is 11.5 Å². The minimum atomic E-state index is -0.381. The number of amides is 1. The number of pyridine rings is 1. The van der Waals surface area contributed by atoms with Crippen LogP contribution in [0.15, 0.2) is 47.5 Å². The Labute approximate surface area is 169 Å². The van der Waals surface area contributed by atoms with Crippen molar-refractivity contribution in [3.05, 3.63) is 69.8 Å². The molecule has 7 nitrogen and oxygen atoms in total. The summed E-state index contributed by atoms with van der Waals surface area (Å²) in [6.07, 6.45) is 3.28. The predicted molar refractivity (Wildman–Crippen MR) is 115 cm³/mol. The molecule has 2 heterocycles. The first kappa shape index (κ1) is 20.3. The second kappa shape index (κ2) is 7.87. The molecule has 0 aliphatic heterocycles. The van der Waals surface area contributed by atoms with E-state index in [9.17, 15) is 9.59 Å². The molecule has 3 aromatic rings. The Kier molecular flexibility index (Phi) is 5.50. The van der Waals surface area contributed by atoms with Gasteiger partial charge in [-0.2, -0.15) is 0 Å². The minimum Gasteiger partial charge on any atom is -0.357 e. The second-order valence-electron chi connectivity index (χ2n) is 7.89. The topological polar surface area (TPSA) is 99.8 Å². The molecule has 2 aromatic heterocycles. The number of nitrogens with one attached hydrogen (secondary N) is 3. The standard InChI is InChI=1S/C22H25N5O2/c1-13-11-25-21(23-5)27-18(13)15-10-17(20(29)24-12-15)26-19(28)14-6-8-16(9-7-14)22(2,3)4/h6-12H,1-5H3,(H,24,29)(H,26,28)(H,23,25,27). The van der Waals surface area contributed by atoms with Gasteiger partial charge in [0.1, 0.15) is 5.69 Å². The van der Waals surface area contributed by atoms with Crippen molar-refractivity contribution in [1.82, 2.24) is 15.0 Å². The maximum Gasteiger partial charge on any atom is 0.271 e. The van der Waals surface area contributed by atoms with Crippen LogP contribution in [-0.4, -0.2) is 27.9 Å². The van der Waals surface area contributed by atoms with E-state index >= 15 is 0 Å². The molecule has 0 saturated heterocycles. The number of carbonyl (C=O) groups excluding carboxylic acids is 1. The van der Waals surface area contributed by atoms with Gasteiger partial charge in [-0.15, -0.1) is 0 Å². The Hall–Kier alpha value is -3.48. The van der Waals surface area contributed by atoms with Crippen molar-refractivity contribution in [3.63, 3.8) is 0 Å². The summed E-state index contributed by atoms with van der Waals surface area (Å²) in [5.41, 5.74) is 3.61. The Bertz CT molecular complexity index is 1100. The average Bonchev–Trinajstić information content (AvgIpc) is 2.69. The summed E-state index contributed by atoms with van der Waals surface area (Å²) in [5.74, 6) is 0.129. The molecule has 0 aliphatic rings. The van der Waals surface area contributed by atoms with Crippen LogP contribution in [-0.2, 0) is 5.41 Å². The predicted octanol–water partition coefficient (Wildman–Crippen LogP) is 3.73. The summed E-state index contributed by atoms with van der Waals surface area (Å²) in [6, 6.07) is 9.01. The lowest BCUT2D eigenvalue weighted by Gasteiger charge is -2.19. The van der Waals surface area contributed by atoms with E-state index in [1.54, 1.807) is 37.6 Å². The molecule has 29 heavy (non-hydrogen) atoms. The van der Waals surface area contributed by atoms with Gasteiger partial charge in [0, 0.05) is 30.6 Å². The molecule has 1 aromatic carbocycles. The number of benzene rings is 1. The van der Waals surface area contributed by atoms with E-state index in [0.29, 0.717) is 22.8 Å². The molecule has 0 atom stereocenters. The zero-order chi connectivity index (χ0) is 21.2. The zero-order valence-corrected chi connectivity index (χ0v) is 17.3. The molecule has 7 heteroatoms. The Morgan fingerprint density at radius 2 is 1.83 bits per heavy atom. The fraction of sp³-hybridized carbons (Fsp3) is 0.273. The fourth-order valence-electron chi connectivity index (χ4n) is 2.88. The van der Waals surface area contributed by atoms with E-state index < -0.39 is 0 Å². The number of carbonyl (C=O) groups is 1. The number of rotatable bonds is 4. The molecule has 0 fully saturated rings. The molecule has 0 saturated carbocycles. The quantitative estimate of drug-likeness (QED) is 0.629. The number of aromatic amines is 1. The van der Waals surface area contributed by atoms with Crippen molar-refractivity contribution < 1.29 is 4.79 Å². The first-order chi connectivity index (χ1) is 13.7. The molecule has 0 bridgehead atoms. The molecule has 0 unspecified atom stereocenters. The van der Waals surface area contributed by atoms with Crippen LogP contribution >= 0.6 is 0 Å². The third-order valence-corrected chi connectivity index (χ3v) is 4.63. The first-order valence-electron chi connectivity index (χ1n) is 9.35. The van der Waals surface area contributed by atoms with Crippen molar-refractivity contribution >= 4 is 17.5 Å². The lowest BCUT2D eigenvalue weighted by Crippen LogP contribution is -2.20. The monoisotopic (exact) mass is 391 g/mol. The van der Waals surface area contributed by atoms with Crippen LogP contribution in [0.1, 0.15) is 42.3 Å². The number of aryl methyl sites for hydroxylation is 1. The molecule has 1 amide bonds. The van der Waals surface area contributed by atoms with E-state index in [1.807, 2.05) is 19.1 Å². The van der Waals surface area contributed by atoms with E-state index in [-0.39, 0.29) is 22.6 Å². The average molecular weight is 391 g/mol. The van der Waals surface area contributed by atoms with Crippen LogP contribution in [0.4, 0.5) is 11.6 Å². The van der Waals surface area contributed by atoms with Crippen LogP contribution in [0.25, 0.3) is 11.3 Å². The smallest absolute Gasteiger partial charge is 0.271 e. The number of aromatic nitrogens is 3. The van der Waals surface area contributed by atoms with Gasteiger partial charge in [0.15, 0.2) is 0 Å². The van der Waals surface area contributed by atoms with E-state index in [1.165, 1.54) is 0 Å². The number of anilines is 2. The highest BCUT2D eigenvalue weighted by molar-refractivity contribution is 6.04. The lowest BCUT2D eigenvalue weighted by molar-refractivity contribution is 0.102. The van der Waals surface area contributed by atoms with E-state index in [4.69, 9.17) is 0 Å². The van der Waals surface area contributed by atoms with Gasteiger partial charge in [-0.05, 0) is 41.7 Å². The van der Waals surface area contributed by atoms with Gasteiger partial charge >= 0.3 is 0 Å². The van der Waals surface area contributed by atoms with Crippen molar-refractivity contribution in [1.29, 1.82) is 0 Å². The molecule has 150 valence electrons. The largest absolute Gasteiger partial charge is 0.357 e. The van der Waals surface area contributed by atoms with Crippen molar-refractivity contribution in [2.75, 3.05) is 17.7 Å². The Morgan fingerprint density at radius 3 is 2.45 bits per heavy atom. The molecule has 3 N–H and O–H groups in total. The fourth-order valence-corrected chi connectivity index (χ4v) is 2.88. The summed E-state index contributed by atoms with van der Waals surface area (Å²) in [4.78, 5) is 36.2. The van der Waals surface area contributed by atoms with Crippen LogP contribution in [0, 0.1) is 6.92 Å². The normalized spacial score (nSPS) is 11.2. The second-order valence-corrected chi connectivity index (χ2v) is 7.89. The van der Waals surface area contributed by atoms with Gasteiger partial charge in [-0.3, -0.25) is 9.59 Å². The summed E-state index contributed by atoms with van der Waals surface area (Å²) in [6.45, 7) is 8.22. The summed E-state index contributed by atoms with van der Waals surface area (Å²) >= 11 is 0. The molecule has 0 aliphatic carbocycles. The summed E-state index contributed by atoms with van der Waals surface area (Å²) in [5, 5.41) is 5.60. The van der Waals surface area contributed by atoms with Gasteiger partial charge in [-0.25, -0.2) is 9.97 Å². The third-order valence-electron chi connectivity index (χ3n) is 4.63. The van der Waals surface area contributed by atoms with E-state index in [0.717, 1.165) is 11.1 Å².